The van der Waals surface area contributed by atoms with Crippen molar-refractivity contribution in [1.29, 1.82) is 0 Å². The molecule has 3 rings (SSSR count). The van der Waals surface area contributed by atoms with Crippen molar-refractivity contribution in [2.45, 2.75) is 30.1 Å². The maximum absolute atomic E-state index is 6.15. The first-order valence-corrected chi connectivity index (χ1v) is 7.04. The number of aromatic nitrogens is 4. The molecule has 94 valence electrons. The van der Waals surface area contributed by atoms with Gasteiger partial charge in [0.1, 0.15) is 0 Å². The first kappa shape index (κ1) is 11.7. The topological polar surface area (TPSA) is 69.6 Å². The number of tetrazole rings is 1. The van der Waals surface area contributed by atoms with Gasteiger partial charge in [-0.15, -0.1) is 5.10 Å². The Balaban J connectivity index is 1.62. The molecule has 0 amide bonds. The monoisotopic (exact) mass is 261 g/mol. The lowest BCUT2D eigenvalue weighted by Gasteiger charge is -2.10. The summed E-state index contributed by atoms with van der Waals surface area (Å²) in [5, 5.41) is 12.7. The van der Waals surface area contributed by atoms with Crippen LogP contribution in [0.4, 0.5) is 0 Å². The number of nitrogens with zero attached hydrogens (tertiary/aromatic N) is 4. The third kappa shape index (κ3) is 2.54. The predicted octanol–water partition coefficient (Wildman–Crippen LogP) is 1.80. The summed E-state index contributed by atoms with van der Waals surface area (Å²) >= 11 is 1.63. The molecule has 0 bridgehead atoms. The lowest BCUT2D eigenvalue weighted by Crippen LogP contribution is -2.13. The molecule has 18 heavy (non-hydrogen) atoms. The van der Waals surface area contributed by atoms with Gasteiger partial charge in [0.2, 0.25) is 5.16 Å². The van der Waals surface area contributed by atoms with Gasteiger partial charge >= 0.3 is 0 Å². The fourth-order valence-electron chi connectivity index (χ4n) is 1.79. The molecular weight excluding hydrogens is 246 g/mol. The minimum absolute atomic E-state index is 0.0144. The Morgan fingerprint density at radius 1 is 1.33 bits per heavy atom. The van der Waals surface area contributed by atoms with E-state index in [1.54, 1.807) is 11.8 Å². The first-order chi connectivity index (χ1) is 8.84. The molecule has 1 unspecified atom stereocenters. The van der Waals surface area contributed by atoms with Gasteiger partial charge in [-0.3, -0.25) is 0 Å². The number of hydrogen-bond donors (Lipinski definition) is 1. The second-order valence-corrected chi connectivity index (χ2v) is 5.45. The Morgan fingerprint density at radius 3 is 2.83 bits per heavy atom. The third-order valence-corrected chi connectivity index (χ3v) is 4.03. The number of hydrogen-bond acceptors (Lipinski definition) is 5. The molecule has 0 radical (unpaired) electrons. The summed E-state index contributed by atoms with van der Waals surface area (Å²) in [6.07, 6.45) is 2.37. The van der Waals surface area contributed by atoms with Crippen molar-refractivity contribution in [3.05, 3.63) is 35.9 Å². The van der Waals surface area contributed by atoms with Gasteiger partial charge in [0, 0.05) is 11.8 Å². The predicted molar refractivity (Wildman–Crippen MR) is 70.2 cm³/mol. The normalized spacial score (nSPS) is 16.7. The van der Waals surface area contributed by atoms with Crippen molar-refractivity contribution in [1.82, 2.24) is 20.2 Å². The second-order valence-electron chi connectivity index (χ2n) is 4.47. The number of benzene rings is 1. The fourth-order valence-corrected chi connectivity index (χ4v) is 2.72. The zero-order chi connectivity index (χ0) is 12.4. The van der Waals surface area contributed by atoms with E-state index in [1.807, 2.05) is 22.9 Å². The van der Waals surface area contributed by atoms with Gasteiger partial charge < -0.3 is 5.73 Å². The highest BCUT2D eigenvalue weighted by atomic mass is 32.2. The Labute approximate surface area is 110 Å². The molecule has 0 saturated heterocycles. The van der Waals surface area contributed by atoms with E-state index in [1.165, 1.54) is 12.8 Å². The molecule has 1 fully saturated rings. The molecule has 0 aliphatic heterocycles. The highest BCUT2D eigenvalue weighted by Gasteiger charge is 2.28. The van der Waals surface area contributed by atoms with Crippen molar-refractivity contribution in [3.8, 4) is 0 Å². The zero-order valence-electron chi connectivity index (χ0n) is 9.94. The Bertz CT molecular complexity index is 508. The summed E-state index contributed by atoms with van der Waals surface area (Å²) in [7, 11) is 0. The molecule has 2 N–H and O–H groups in total. The van der Waals surface area contributed by atoms with Crippen LogP contribution in [0.1, 0.15) is 30.5 Å². The highest BCUT2D eigenvalue weighted by molar-refractivity contribution is 7.99. The molecule has 1 saturated carbocycles. The maximum atomic E-state index is 6.15. The molecule has 1 heterocycles. The molecule has 1 atom stereocenters. The minimum Gasteiger partial charge on any atom is -0.323 e. The van der Waals surface area contributed by atoms with Gasteiger partial charge in [-0.2, -0.15) is 0 Å². The van der Waals surface area contributed by atoms with Crippen LogP contribution >= 0.6 is 11.8 Å². The molecule has 5 nitrogen and oxygen atoms in total. The largest absolute Gasteiger partial charge is 0.323 e. The summed E-state index contributed by atoms with van der Waals surface area (Å²) in [5.74, 6) is 0.789. The molecule has 1 aromatic carbocycles. The van der Waals surface area contributed by atoms with Gasteiger partial charge in [0.05, 0.1) is 6.04 Å². The van der Waals surface area contributed by atoms with Crippen molar-refractivity contribution in [3.63, 3.8) is 0 Å². The van der Waals surface area contributed by atoms with E-state index in [-0.39, 0.29) is 6.04 Å². The average Bonchev–Trinajstić information content (AvgIpc) is 3.16. The van der Waals surface area contributed by atoms with Crippen molar-refractivity contribution < 1.29 is 0 Å². The standard InChI is InChI=1S/C12H15N5S/c13-11(9-4-2-1-3-5-9)8-18-12-14-15-16-17(12)10-6-7-10/h1-5,10-11H,6-8,13H2. The van der Waals surface area contributed by atoms with Gasteiger partial charge in [-0.25, -0.2) is 4.68 Å². The molecule has 1 aliphatic rings. The van der Waals surface area contributed by atoms with E-state index in [9.17, 15) is 0 Å². The first-order valence-electron chi connectivity index (χ1n) is 6.06. The summed E-state index contributed by atoms with van der Waals surface area (Å²) in [5.41, 5.74) is 7.30. The molecule has 1 aliphatic carbocycles. The average molecular weight is 261 g/mol. The zero-order valence-corrected chi connectivity index (χ0v) is 10.8. The number of nitrogens with two attached hydrogens (primary N) is 1. The van der Waals surface area contributed by atoms with Crippen LogP contribution in [0.2, 0.25) is 0 Å². The lowest BCUT2D eigenvalue weighted by molar-refractivity contribution is 0.565. The molecule has 0 spiro atoms. The van der Waals surface area contributed by atoms with Crippen LogP contribution in [0.3, 0.4) is 0 Å². The highest BCUT2D eigenvalue weighted by Crippen LogP contribution is 2.36. The Hall–Kier alpha value is -1.40. The Kier molecular flexibility index (Phi) is 3.29. The summed E-state index contributed by atoms with van der Waals surface area (Å²) in [6, 6.07) is 10.6. The number of rotatable bonds is 5. The van der Waals surface area contributed by atoms with Crippen molar-refractivity contribution in [2.75, 3.05) is 5.75 Å². The summed E-state index contributed by atoms with van der Waals surface area (Å²) in [6.45, 7) is 0. The lowest BCUT2D eigenvalue weighted by atomic mass is 10.1. The van der Waals surface area contributed by atoms with E-state index in [0.717, 1.165) is 16.5 Å². The molecular formula is C12H15N5S. The van der Waals surface area contributed by atoms with Gasteiger partial charge in [-0.05, 0) is 28.8 Å². The van der Waals surface area contributed by atoms with Crippen molar-refractivity contribution in [2.24, 2.45) is 5.73 Å². The van der Waals surface area contributed by atoms with Crippen LogP contribution in [0.15, 0.2) is 35.5 Å². The number of thioether (sulfide) groups is 1. The van der Waals surface area contributed by atoms with Crippen molar-refractivity contribution >= 4 is 11.8 Å². The minimum atomic E-state index is 0.0144. The smallest absolute Gasteiger partial charge is 0.209 e. The molecule has 2 aromatic rings. The van der Waals surface area contributed by atoms with Gasteiger partial charge in [0.15, 0.2) is 0 Å². The van der Waals surface area contributed by atoms with E-state index < -0.39 is 0 Å². The van der Waals surface area contributed by atoms with E-state index in [2.05, 4.69) is 27.7 Å². The summed E-state index contributed by atoms with van der Waals surface area (Å²) in [4.78, 5) is 0. The van der Waals surface area contributed by atoms with Crippen LogP contribution < -0.4 is 5.73 Å². The third-order valence-electron chi connectivity index (χ3n) is 2.98. The van der Waals surface area contributed by atoms with Crippen LogP contribution in [0.25, 0.3) is 0 Å². The molecule has 1 aromatic heterocycles. The van der Waals surface area contributed by atoms with Crippen LogP contribution in [-0.2, 0) is 0 Å². The van der Waals surface area contributed by atoms with Gasteiger partial charge in [0.25, 0.3) is 0 Å². The quantitative estimate of drug-likeness (QED) is 0.831. The van der Waals surface area contributed by atoms with Crippen LogP contribution in [0, 0.1) is 0 Å². The van der Waals surface area contributed by atoms with E-state index in [4.69, 9.17) is 5.73 Å². The maximum Gasteiger partial charge on any atom is 0.209 e. The SMILES string of the molecule is NC(CSc1nnnn1C1CC1)c1ccccc1. The van der Waals surface area contributed by atoms with E-state index in [0.29, 0.717) is 6.04 Å². The Morgan fingerprint density at radius 2 is 2.11 bits per heavy atom. The molecule has 6 heteroatoms. The van der Waals surface area contributed by atoms with Crippen LogP contribution in [-0.4, -0.2) is 26.0 Å². The second kappa shape index (κ2) is 5.07. The fraction of sp³-hybridized carbons (Fsp3) is 0.417. The van der Waals surface area contributed by atoms with Gasteiger partial charge in [-0.1, -0.05) is 42.1 Å². The van der Waals surface area contributed by atoms with E-state index >= 15 is 0 Å². The van der Waals surface area contributed by atoms with Crippen LogP contribution in [0.5, 0.6) is 0 Å². The summed E-state index contributed by atoms with van der Waals surface area (Å²) < 4.78 is 1.92.